The molecule has 1 aromatic heterocycles. The molecule has 162 valence electrons. The summed E-state index contributed by atoms with van der Waals surface area (Å²) in [7, 11) is 1.42. The standard InChI is InChI=1S/C25H18FN5O2/c1-33-22-12-11-19(13-21(22)26)17-9-7-16(8-10-17)15-28-31-25-29-23(18-5-3-2-4-6-18)20(14-27)24(32)30-25/h2-13,15H,1H3,(H2,29,30,31,32). The van der Waals surface area contributed by atoms with Crippen molar-refractivity contribution in [3.8, 4) is 34.2 Å². The van der Waals surface area contributed by atoms with Crippen LogP contribution in [0, 0.1) is 17.1 Å². The van der Waals surface area contributed by atoms with Crippen LogP contribution in [0.25, 0.3) is 22.4 Å². The van der Waals surface area contributed by atoms with Crippen molar-refractivity contribution in [1.82, 2.24) is 9.97 Å². The number of hydrogen-bond donors (Lipinski definition) is 2. The maximum Gasteiger partial charge on any atom is 0.270 e. The lowest BCUT2D eigenvalue weighted by molar-refractivity contribution is 0.386. The van der Waals surface area contributed by atoms with Crippen molar-refractivity contribution in [2.24, 2.45) is 5.10 Å². The first kappa shape index (κ1) is 21.5. The molecule has 0 saturated heterocycles. The van der Waals surface area contributed by atoms with E-state index in [2.05, 4.69) is 20.5 Å². The highest BCUT2D eigenvalue weighted by molar-refractivity contribution is 5.81. The van der Waals surface area contributed by atoms with Crippen LogP contribution in [-0.2, 0) is 0 Å². The van der Waals surface area contributed by atoms with E-state index in [0.29, 0.717) is 5.56 Å². The molecule has 0 aliphatic carbocycles. The SMILES string of the molecule is COc1ccc(-c2ccc(C=NNc3nc(-c4ccccc4)c(C#N)c(=O)[nH]3)cc2)cc1F. The van der Waals surface area contributed by atoms with E-state index >= 15 is 0 Å². The lowest BCUT2D eigenvalue weighted by Gasteiger charge is -2.06. The van der Waals surface area contributed by atoms with Crippen LogP contribution in [0.5, 0.6) is 5.75 Å². The van der Waals surface area contributed by atoms with Crippen LogP contribution in [0.15, 0.2) is 82.7 Å². The van der Waals surface area contributed by atoms with Gasteiger partial charge in [-0.05, 0) is 28.8 Å². The van der Waals surface area contributed by atoms with Gasteiger partial charge in [-0.25, -0.2) is 14.8 Å². The normalized spacial score (nSPS) is 10.7. The number of aromatic amines is 1. The number of nitrogens with one attached hydrogen (secondary N) is 2. The molecule has 4 aromatic rings. The molecule has 0 spiro atoms. The van der Waals surface area contributed by atoms with Gasteiger partial charge in [0, 0.05) is 5.56 Å². The van der Waals surface area contributed by atoms with E-state index in [4.69, 9.17) is 4.74 Å². The Kier molecular flexibility index (Phi) is 6.23. The summed E-state index contributed by atoms with van der Waals surface area (Å²) in [6.07, 6.45) is 1.55. The van der Waals surface area contributed by atoms with Crippen molar-refractivity contribution in [2.75, 3.05) is 12.5 Å². The van der Waals surface area contributed by atoms with Gasteiger partial charge in [0.05, 0.1) is 19.0 Å². The van der Waals surface area contributed by atoms with E-state index in [1.807, 2.05) is 36.4 Å². The van der Waals surface area contributed by atoms with E-state index < -0.39 is 11.4 Å². The maximum absolute atomic E-state index is 14.0. The average Bonchev–Trinajstić information content (AvgIpc) is 2.84. The average molecular weight is 439 g/mol. The molecule has 0 amide bonds. The van der Waals surface area contributed by atoms with Gasteiger partial charge in [-0.15, -0.1) is 0 Å². The van der Waals surface area contributed by atoms with Crippen LogP contribution in [0.2, 0.25) is 0 Å². The molecule has 7 nitrogen and oxygen atoms in total. The summed E-state index contributed by atoms with van der Waals surface area (Å²) in [5, 5.41) is 13.5. The van der Waals surface area contributed by atoms with Crippen molar-refractivity contribution in [3.63, 3.8) is 0 Å². The molecule has 0 fully saturated rings. The Balaban J connectivity index is 1.52. The van der Waals surface area contributed by atoms with Crippen LogP contribution in [0.3, 0.4) is 0 Å². The first-order chi connectivity index (χ1) is 16.1. The van der Waals surface area contributed by atoms with Gasteiger partial charge in [-0.1, -0.05) is 60.7 Å². The van der Waals surface area contributed by atoms with E-state index in [0.717, 1.165) is 16.7 Å². The third kappa shape index (κ3) is 4.78. The second-order valence-corrected chi connectivity index (χ2v) is 6.96. The van der Waals surface area contributed by atoms with Gasteiger partial charge in [0.1, 0.15) is 11.6 Å². The molecule has 2 N–H and O–H groups in total. The second-order valence-electron chi connectivity index (χ2n) is 6.96. The lowest BCUT2D eigenvalue weighted by Crippen LogP contribution is -2.16. The molecule has 0 saturated carbocycles. The fraction of sp³-hybridized carbons (Fsp3) is 0.0400. The number of anilines is 1. The first-order valence-electron chi connectivity index (χ1n) is 9.92. The molecular weight excluding hydrogens is 421 g/mol. The Morgan fingerprint density at radius 3 is 2.45 bits per heavy atom. The van der Waals surface area contributed by atoms with Gasteiger partial charge >= 0.3 is 0 Å². The monoisotopic (exact) mass is 439 g/mol. The Morgan fingerprint density at radius 1 is 1.06 bits per heavy atom. The zero-order chi connectivity index (χ0) is 23.2. The summed E-state index contributed by atoms with van der Waals surface area (Å²) < 4.78 is 18.9. The van der Waals surface area contributed by atoms with E-state index in [-0.39, 0.29) is 23.0 Å². The molecule has 0 aliphatic heterocycles. The summed E-state index contributed by atoms with van der Waals surface area (Å²) in [5.74, 6) is -0.124. The number of hydrazone groups is 1. The number of halogens is 1. The zero-order valence-electron chi connectivity index (χ0n) is 17.5. The molecule has 0 aliphatic rings. The van der Waals surface area contributed by atoms with Crippen molar-refractivity contribution < 1.29 is 9.13 Å². The number of benzene rings is 3. The third-order valence-corrected chi connectivity index (χ3v) is 4.86. The molecule has 0 radical (unpaired) electrons. The predicted molar refractivity (Wildman–Crippen MR) is 125 cm³/mol. The number of methoxy groups -OCH3 is 1. The third-order valence-electron chi connectivity index (χ3n) is 4.86. The van der Waals surface area contributed by atoms with Gasteiger partial charge < -0.3 is 4.74 Å². The summed E-state index contributed by atoms with van der Waals surface area (Å²) in [5.41, 5.74) is 5.33. The molecule has 0 unspecified atom stereocenters. The minimum absolute atomic E-state index is 0.0683. The lowest BCUT2D eigenvalue weighted by atomic mass is 10.0. The van der Waals surface area contributed by atoms with E-state index in [1.54, 1.807) is 42.6 Å². The van der Waals surface area contributed by atoms with Crippen molar-refractivity contribution in [2.45, 2.75) is 0 Å². The summed E-state index contributed by atoms with van der Waals surface area (Å²) >= 11 is 0. The summed E-state index contributed by atoms with van der Waals surface area (Å²) in [6.45, 7) is 0. The largest absolute Gasteiger partial charge is 0.494 e. The van der Waals surface area contributed by atoms with Gasteiger partial charge in [-0.2, -0.15) is 10.4 Å². The smallest absolute Gasteiger partial charge is 0.270 e. The minimum Gasteiger partial charge on any atom is -0.494 e. The van der Waals surface area contributed by atoms with Gasteiger partial charge in [0.25, 0.3) is 5.56 Å². The molecule has 3 aromatic carbocycles. The minimum atomic E-state index is -0.555. The second kappa shape index (κ2) is 9.58. The quantitative estimate of drug-likeness (QED) is 0.338. The molecule has 0 bridgehead atoms. The number of nitriles is 1. The Hall–Kier alpha value is -4.77. The van der Waals surface area contributed by atoms with Gasteiger partial charge in [0.15, 0.2) is 11.6 Å². The Bertz CT molecular complexity index is 1410. The van der Waals surface area contributed by atoms with Crippen molar-refractivity contribution in [3.05, 3.63) is 100 Å². The first-order valence-corrected chi connectivity index (χ1v) is 9.92. The number of nitrogens with zero attached hydrogens (tertiary/aromatic N) is 3. The van der Waals surface area contributed by atoms with Crippen LogP contribution in [0.4, 0.5) is 10.3 Å². The fourth-order valence-corrected chi connectivity index (χ4v) is 3.21. The van der Waals surface area contributed by atoms with Crippen LogP contribution < -0.4 is 15.7 Å². The molecule has 0 atom stereocenters. The van der Waals surface area contributed by atoms with E-state index in [1.165, 1.54) is 13.2 Å². The van der Waals surface area contributed by atoms with E-state index in [9.17, 15) is 14.4 Å². The molecule has 4 rings (SSSR count). The van der Waals surface area contributed by atoms with Crippen LogP contribution in [-0.4, -0.2) is 23.3 Å². The highest BCUT2D eigenvalue weighted by Crippen LogP contribution is 2.25. The Labute approximate surface area is 188 Å². The van der Waals surface area contributed by atoms with Crippen LogP contribution >= 0.6 is 0 Å². The van der Waals surface area contributed by atoms with Crippen LogP contribution in [0.1, 0.15) is 11.1 Å². The topological polar surface area (TPSA) is 103 Å². The highest BCUT2D eigenvalue weighted by atomic mass is 19.1. The molecule has 33 heavy (non-hydrogen) atoms. The molecule has 1 heterocycles. The van der Waals surface area contributed by atoms with Crippen molar-refractivity contribution in [1.29, 1.82) is 5.26 Å². The highest BCUT2D eigenvalue weighted by Gasteiger charge is 2.12. The number of aromatic nitrogens is 2. The number of ether oxygens (including phenoxy) is 1. The van der Waals surface area contributed by atoms with Gasteiger partial charge in [0.2, 0.25) is 5.95 Å². The van der Waals surface area contributed by atoms with Crippen molar-refractivity contribution >= 4 is 12.2 Å². The fourth-order valence-electron chi connectivity index (χ4n) is 3.21. The summed E-state index contributed by atoms with van der Waals surface area (Å²) in [4.78, 5) is 19.1. The number of rotatable bonds is 6. The summed E-state index contributed by atoms with van der Waals surface area (Å²) in [6, 6.07) is 23.0. The zero-order valence-corrected chi connectivity index (χ0v) is 17.5. The van der Waals surface area contributed by atoms with Gasteiger partial charge in [-0.3, -0.25) is 9.78 Å². The Morgan fingerprint density at radius 2 is 1.79 bits per heavy atom. The number of H-pyrrole nitrogens is 1. The predicted octanol–water partition coefficient (Wildman–Crippen LogP) is 4.57. The molecular formula is C25H18FN5O2. The molecule has 8 heteroatoms. The number of hydrogen-bond acceptors (Lipinski definition) is 6. The maximum atomic E-state index is 14.0.